The molecule has 0 aliphatic heterocycles. The number of ether oxygens (including phenoxy) is 1. The van der Waals surface area contributed by atoms with Gasteiger partial charge in [0, 0.05) is 5.56 Å². The van der Waals surface area contributed by atoms with Gasteiger partial charge in [-0.3, -0.25) is 0 Å². The van der Waals surface area contributed by atoms with Gasteiger partial charge < -0.3 is 18.8 Å². The lowest BCUT2D eigenvalue weighted by atomic mass is 10.1. The first-order valence-corrected chi connectivity index (χ1v) is 9.04. The fourth-order valence-electron chi connectivity index (χ4n) is 2.83. The van der Waals surface area contributed by atoms with Crippen molar-refractivity contribution in [3.05, 3.63) is 65.7 Å². The van der Waals surface area contributed by atoms with Gasteiger partial charge in [-0.05, 0) is 30.7 Å². The van der Waals surface area contributed by atoms with Crippen LogP contribution in [0.3, 0.4) is 0 Å². The van der Waals surface area contributed by atoms with E-state index in [-0.39, 0.29) is 22.6 Å². The highest BCUT2D eigenvalue weighted by Gasteiger charge is 2.22. The third-order valence-electron chi connectivity index (χ3n) is 4.25. The van der Waals surface area contributed by atoms with Crippen LogP contribution in [0.4, 0.5) is 0 Å². The lowest BCUT2D eigenvalue weighted by molar-refractivity contribution is 0.373. The molecular weight excluding hydrogens is 394 g/mol. The second-order valence-corrected chi connectivity index (χ2v) is 6.57. The summed E-state index contributed by atoms with van der Waals surface area (Å²) in [7, 11) is 1.47. The number of nitrogens with zero attached hydrogens (tertiary/aromatic N) is 3. The maximum absolute atomic E-state index is 9.71. The summed E-state index contributed by atoms with van der Waals surface area (Å²) < 4.78 is 16.2. The van der Waals surface area contributed by atoms with Crippen molar-refractivity contribution < 1.29 is 18.8 Å². The zero-order chi connectivity index (χ0) is 20.4. The summed E-state index contributed by atoms with van der Waals surface area (Å²) >= 11 is 6.37. The smallest absolute Gasteiger partial charge is 0.259 e. The van der Waals surface area contributed by atoms with Crippen molar-refractivity contribution in [2.45, 2.75) is 6.92 Å². The summed E-state index contributed by atoms with van der Waals surface area (Å²) in [4.78, 5) is 0. The summed E-state index contributed by atoms with van der Waals surface area (Å²) in [5.41, 5.74) is 2.81. The Kier molecular flexibility index (Phi) is 5.05. The number of hydrogen-bond acceptors (Lipinski definition) is 7. The molecule has 29 heavy (non-hydrogen) atoms. The van der Waals surface area contributed by atoms with Crippen molar-refractivity contribution in [1.29, 1.82) is 0 Å². The molecule has 4 aromatic rings. The zero-order valence-electron chi connectivity index (χ0n) is 15.6. The van der Waals surface area contributed by atoms with Gasteiger partial charge in [0.25, 0.3) is 11.8 Å². The average Bonchev–Trinajstić information content (AvgIpc) is 3.36. The zero-order valence-corrected chi connectivity index (χ0v) is 16.3. The highest BCUT2D eigenvalue weighted by Crippen LogP contribution is 2.35. The quantitative estimate of drug-likeness (QED) is 0.487. The van der Waals surface area contributed by atoms with Crippen LogP contribution in [0.2, 0.25) is 0 Å². The molecule has 2 aromatic heterocycles. The number of phenolic OH excluding ortho intramolecular Hbond substituents is 1. The predicted molar refractivity (Wildman–Crippen MR) is 108 cm³/mol. The summed E-state index contributed by atoms with van der Waals surface area (Å²) in [6, 6.07) is 14.4. The summed E-state index contributed by atoms with van der Waals surface area (Å²) in [5, 5.41) is 22.2. The van der Waals surface area contributed by atoms with Crippen molar-refractivity contribution in [3.8, 4) is 34.2 Å². The van der Waals surface area contributed by atoms with Crippen LogP contribution in [0, 0.1) is 6.92 Å². The minimum Gasteiger partial charge on any atom is -0.504 e. The van der Waals surface area contributed by atoms with Gasteiger partial charge in [0.15, 0.2) is 11.5 Å². The SMILES string of the molecule is COc1cc(/C=C(\Cl)c2nnc(-c3c(-c4ccccc4)noc3C)o2)ccc1O. The molecule has 0 atom stereocenters. The Bertz CT molecular complexity index is 1180. The molecule has 1 N–H and O–H groups in total. The molecule has 2 heterocycles. The first-order chi connectivity index (χ1) is 14.1. The van der Waals surface area contributed by atoms with E-state index >= 15 is 0 Å². The van der Waals surface area contributed by atoms with E-state index in [1.807, 2.05) is 30.3 Å². The number of methoxy groups -OCH3 is 1. The van der Waals surface area contributed by atoms with Crippen LogP contribution in [0.25, 0.3) is 33.8 Å². The number of aromatic nitrogens is 3. The molecular formula is C21H16ClN3O4. The van der Waals surface area contributed by atoms with Crippen LogP contribution >= 0.6 is 11.6 Å². The number of aryl methyl sites for hydroxylation is 1. The van der Waals surface area contributed by atoms with Crippen LogP contribution in [0.1, 0.15) is 17.2 Å². The molecule has 0 fully saturated rings. The van der Waals surface area contributed by atoms with Gasteiger partial charge in [0.1, 0.15) is 22.0 Å². The molecule has 0 radical (unpaired) electrons. The molecule has 7 nitrogen and oxygen atoms in total. The molecule has 2 aromatic carbocycles. The third kappa shape index (κ3) is 3.72. The van der Waals surface area contributed by atoms with Crippen LogP contribution in [0.5, 0.6) is 11.5 Å². The second-order valence-electron chi connectivity index (χ2n) is 6.16. The van der Waals surface area contributed by atoms with E-state index in [1.165, 1.54) is 13.2 Å². The Balaban J connectivity index is 1.69. The molecule has 0 saturated heterocycles. The van der Waals surface area contributed by atoms with Gasteiger partial charge in [0.2, 0.25) is 0 Å². The van der Waals surface area contributed by atoms with Crippen LogP contribution in [-0.4, -0.2) is 27.6 Å². The van der Waals surface area contributed by atoms with E-state index in [0.29, 0.717) is 28.3 Å². The summed E-state index contributed by atoms with van der Waals surface area (Å²) in [6.45, 7) is 1.78. The normalized spacial score (nSPS) is 11.6. The molecule has 8 heteroatoms. The highest BCUT2D eigenvalue weighted by molar-refractivity contribution is 6.50. The lowest BCUT2D eigenvalue weighted by Gasteiger charge is -2.03. The van der Waals surface area contributed by atoms with E-state index in [9.17, 15) is 5.11 Å². The fourth-order valence-corrected chi connectivity index (χ4v) is 3.03. The van der Waals surface area contributed by atoms with E-state index in [1.54, 1.807) is 25.1 Å². The Hall–Kier alpha value is -3.58. The highest BCUT2D eigenvalue weighted by atomic mass is 35.5. The standard InChI is InChI=1S/C21H16ClN3O4/c1-12-18(19(25-29-12)14-6-4-3-5-7-14)21-24-23-20(28-21)15(22)10-13-8-9-16(26)17(11-13)27-2/h3-11,26H,1-2H3/b15-10-. The van der Waals surface area contributed by atoms with E-state index in [4.69, 9.17) is 25.3 Å². The van der Waals surface area contributed by atoms with Crippen LogP contribution < -0.4 is 4.74 Å². The number of halogens is 1. The molecule has 0 saturated carbocycles. The average molecular weight is 410 g/mol. The first-order valence-electron chi connectivity index (χ1n) is 8.67. The van der Waals surface area contributed by atoms with Crippen molar-refractivity contribution in [2.24, 2.45) is 0 Å². The van der Waals surface area contributed by atoms with Crippen molar-refractivity contribution in [3.63, 3.8) is 0 Å². The van der Waals surface area contributed by atoms with Crippen LogP contribution in [0.15, 0.2) is 57.5 Å². The maximum Gasteiger partial charge on any atom is 0.259 e. The molecule has 0 spiro atoms. The summed E-state index contributed by atoms with van der Waals surface area (Å²) in [5.74, 6) is 1.34. The monoisotopic (exact) mass is 409 g/mol. The number of rotatable bonds is 5. The van der Waals surface area contributed by atoms with Gasteiger partial charge in [-0.25, -0.2) is 0 Å². The number of benzene rings is 2. The Morgan fingerprint density at radius 1 is 1.14 bits per heavy atom. The van der Waals surface area contributed by atoms with E-state index in [0.717, 1.165) is 5.56 Å². The molecule has 0 aliphatic rings. The molecule has 0 bridgehead atoms. The Morgan fingerprint density at radius 2 is 1.93 bits per heavy atom. The third-order valence-corrected chi connectivity index (χ3v) is 4.52. The van der Waals surface area contributed by atoms with Crippen molar-refractivity contribution in [2.75, 3.05) is 7.11 Å². The van der Waals surface area contributed by atoms with Crippen molar-refractivity contribution >= 4 is 22.7 Å². The van der Waals surface area contributed by atoms with Gasteiger partial charge in [-0.2, -0.15) is 0 Å². The molecule has 4 rings (SSSR count). The second kappa shape index (κ2) is 7.81. The number of phenols is 1. The molecule has 146 valence electrons. The molecule has 0 unspecified atom stereocenters. The number of aromatic hydroxyl groups is 1. The maximum atomic E-state index is 9.71. The van der Waals surface area contributed by atoms with E-state index < -0.39 is 0 Å². The topological polar surface area (TPSA) is 94.4 Å². The Labute approximate surface area is 171 Å². The molecule has 0 amide bonds. The fraction of sp³-hybridized carbons (Fsp3) is 0.0952. The van der Waals surface area contributed by atoms with Gasteiger partial charge >= 0.3 is 0 Å². The minimum absolute atomic E-state index is 0.0391. The minimum atomic E-state index is 0.0391. The van der Waals surface area contributed by atoms with Crippen molar-refractivity contribution in [1.82, 2.24) is 15.4 Å². The number of hydrogen-bond donors (Lipinski definition) is 1. The van der Waals surface area contributed by atoms with Gasteiger partial charge in [0.05, 0.1) is 7.11 Å². The van der Waals surface area contributed by atoms with Gasteiger partial charge in [-0.1, -0.05) is 53.2 Å². The molecule has 0 aliphatic carbocycles. The van der Waals surface area contributed by atoms with Crippen LogP contribution in [-0.2, 0) is 0 Å². The lowest BCUT2D eigenvalue weighted by Crippen LogP contribution is -1.85. The predicted octanol–water partition coefficient (Wildman–Crippen LogP) is 5.15. The van der Waals surface area contributed by atoms with E-state index in [2.05, 4.69) is 15.4 Å². The first kappa shape index (κ1) is 18.8. The largest absolute Gasteiger partial charge is 0.504 e. The Morgan fingerprint density at radius 3 is 2.69 bits per heavy atom. The van der Waals surface area contributed by atoms with Gasteiger partial charge in [-0.15, -0.1) is 10.2 Å². The summed E-state index contributed by atoms with van der Waals surface area (Å²) in [6.07, 6.45) is 1.64.